The Balaban J connectivity index is 0.973. The molecule has 0 radical (unpaired) electrons. The van der Waals surface area contributed by atoms with Gasteiger partial charge in [0.1, 0.15) is 29.4 Å². The van der Waals surface area contributed by atoms with Gasteiger partial charge in [0.25, 0.3) is 5.56 Å². The number of amides is 3. The molecule has 3 amide bonds. The number of benzene rings is 2. The maximum atomic E-state index is 15.0. The van der Waals surface area contributed by atoms with Gasteiger partial charge in [0.05, 0.1) is 23.7 Å². The topological polar surface area (TPSA) is 144 Å². The predicted molar refractivity (Wildman–Crippen MR) is 168 cm³/mol. The maximum absolute atomic E-state index is 15.0. The molecule has 0 atom stereocenters. The van der Waals surface area contributed by atoms with Gasteiger partial charge in [0.2, 0.25) is 5.91 Å². The quantitative estimate of drug-likeness (QED) is 0.298. The molecule has 0 saturated carbocycles. The van der Waals surface area contributed by atoms with Crippen molar-refractivity contribution in [3.05, 3.63) is 52.3 Å². The zero-order valence-corrected chi connectivity index (χ0v) is 25.6. The standard InChI is InChI=1S/C32H36FN7O6/c1-38-26-14-20(2-3-23(26)30(37-38)40-11-6-28(41)36-32(40)43)39-9-4-19(5-10-39)17-45-22-15-24(33)29-25(16-22)34-27(35-31(29)42)18-46-21-7-12-44-13-8-21/h2-3,14-16,19,21H,4-13,17-18H2,1H3,(H,34,35,42)(H,36,41,43). The van der Waals surface area contributed by atoms with Crippen LogP contribution in [-0.2, 0) is 27.9 Å². The summed E-state index contributed by atoms with van der Waals surface area (Å²) in [6.45, 7) is 3.78. The van der Waals surface area contributed by atoms with E-state index in [1.807, 2.05) is 19.2 Å². The molecule has 2 N–H and O–H groups in total. The number of rotatable bonds is 8. The number of aromatic nitrogens is 4. The lowest BCUT2D eigenvalue weighted by molar-refractivity contribution is -0.120. The first-order chi connectivity index (χ1) is 22.3. The molecule has 3 aliphatic heterocycles. The van der Waals surface area contributed by atoms with Gasteiger partial charge in [-0.15, -0.1) is 0 Å². The highest BCUT2D eigenvalue weighted by Gasteiger charge is 2.28. The van der Waals surface area contributed by atoms with Crippen molar-refractivity contribution in [2.75, 3.05) is 49.3 Å². The van der Waals surface area contributed by atoms with Gasteiger partial charge >= 0.3 is 6.03 Å². The van der Waals surface area contributed by atoms with E-state index < -0.39 is 17.4 Å². The first-order valence-electron chi connectivity index (χ1n) is 15.7. The number of imide groups is 1. The minimum atomic E-state index is -0.670. The number of anilines is 2. The van der Waals surface area contributed by atoms with E-state index >= 15 is 0 Å². The van der Waals surface area contributed by atoms with E-state index in [0.717, 1.165) is 55.4 Å². The average Bonchev–Trinajstić information content (AvgIpc) is 3.38. The van der Waals surface area contributed by atoms with Crippen molar-refractivity contribution in [2.45, 2.75) is 44.8 Å². The molecule has 3 saturated heterocycles. The number of ether oxygens (including phenoxy) is 3. The largest absolute Gasteiger partial charge is 0.493 e. The van der Waals surface area contributed by atoms with Crippen LogP contribution >= 0.6 is 0 Å². The smallest absolute Gasteiger partial charge is 0.329 e. The summed E-state index contributed by atoms with van der Waals surface area (Å²) in [6, 6.07) is 8.49. The fourth-order valence-corrected chi connectivity index (χ4v) is 6.40. The van der Waals surface area contributed by atoms with Gasteiger partial charge in [0, 0.05) is 69.5 Å². The normalized spacial score (nSPS) is 18.5. The molecule has 46 heavy (non-hydrogen) atoms. The van der Waals surface area contributed by atoms with Gasteiger partial charge in [0.15, 0.2) is 5.82 Å². The molecule has 0 unspecified atom stereocenters. The Morgan fingerprint density at radius 3 is 2.63 bits per heavy atom. The second kappa shape index (κ2) is 12.7. The van der Waals surface area contributed by atoms with Crippen LogP contribution in [0.2, 0.25) is 0 Å². The lowest BCUT2D eigenvalue weighted by Crippen LogP contribution is -2.49. The summed E-state index contributed by atoms with van der Waals surface area (Å²) in [4.78, 5) is 47.5. The second-order valence-electron chi connectivity index (χ2n) is 12.1. The molecule has 0 spiro atoms. The minimum Gasteiger partial charge on any atom is -0.493 e. The molecule has 2 aromatic heterocycles. The van der Waals surface area contributed by atoms with Crippen molar-refractivity contribution in [2.24, 2.45) is 13.0 Å². The summed E-state index contributed by atoms with van der Waals surface area (Å²) < 4.78 is 34.0. The number of halogens is 1. The van der Waals surface area contributed by atoms with Gasteiger partial charge in [-0.2, -0.15) is 5.10 Å². The molecule has 7 rings (SSSR count). The van der Waals surface area contributed by atoms with Gasteiger partial charge in [-0.3, -0.25) is 24.5 Å². The average molecular weight is 634 g/mol. The number of hydrogen-bond acceptors (Lipinski definition) is 9. The number of nitrogens with zero attached hydrogens (tertiary/aromatic N) is 5. The summed E-state index contributed by atoms with van der Waals surface area (Å²) in [7, 11) is 1.84. The Labute approximate surface area is 263 Å². The summed E-state index contributed by atoms with van der Waals surface area (Å²) in [5, 5.41) is 7.68. The molecule has 0 bridgehead atoms. The van der Waals surface area contributed by atoms with Crippen molar-refractivity contribution >= 4 is 45.2 Å². The highest BCUT2D eigenvalue weighted by molar-refractivity contribution is 6.09. The molecule has 2 aromatic carbocycles. The van der Waals surface area contributed by atoms with Crippen LogP contribution in [-0.4, -0.2) is 77.2 Å². The van der Waals surface area contributed by atoms with Gasteiger partial charge < -0.3 is 24.1 Å². The Hall–Kier alpha value is -4.56. The van der Waals surface area contributed by atoms with Crippen LogP contribution in [0.5, 0.6) is 5.75 Å². The van der Waals surface area contributed by atoms with Gasteiger partial charge in [-0.1, -0.05) is 0 Å². The third-order valence-electron chi connectivity index (χ3n) is 9.00. The number of fused-ring (bicyclic) bond motifs is 2. The zero-order valence-electron chi connectivity index (χ0n) is 25.6. The minimum absolute atomic E-state index is 0.0432. The molecule has 3 fully saturated rings. The molecule has 5 heterocycles. The van der Waals surface area contributed by atoms with E-state index in [-0.39, 0.29) is 41.9 Å². The summed E-state index contributed by atoms with van der Waals surface area (Å²) >= 11 is 0. The zero-order chi connectivity index (χ0) is 31.8. The van der Waals surface area contributed by atoms with E-state index in [2.05, 4.69) is 31.3 Å². The fraction of sp³-hybridized carbons (Fsp3) is 0.469. The molecular weight excluding hydrogens is 597 g/mol. The van der Waals surface area contributed by atoms with Crippen molar-refractivity contribution in [1.82, 2.24) is 25.1 Å². The van der Waals surface area contributed by atoms with Crippen molar-refractivity contribution < 1.29 is 28.2 Å². The van der Waals surface area contributed by atoms with E-state index in [4.69, 9.17) is 14.2 Å². The van der Waals surface area contributed by atoms with E-state index in [0.29, 0.717) is 43.8 Å². The number of piperidine rings is 1. The lowest BCUT2D eigenvalue weighted by atomic mass is 9.97. The van der Waals surface area contributed by atoms with E-state index in [1.165, 1.54) is 11.0 Å². The molecule has 0 aliphatic carbocycles. The number of aryl methyl sites for hydroxylation is 1. The SMILES string of the molecule is Cn1nc(N2CCC(=O)NC2=O)c2ccc(N3CCC(COc4cc(F)c5c(=O)[nH]c(COC6CCOCC6)nc5c4)CC3)cc21. The van der Waals surface area contributed by atoms with E-state index in [9.17, 15) is 18.8 Å². The third-order valence-corrected chi connectivity index (χ3v) is 9.00. The summed E-state index contributed by atoms with van der Waals surface area (Å²) in [5.41, 5.74) is 1.65. The fourth-order valence-electron chi connectivity index (χ4n) is 6.40. The highest BCUT2D eigenvalue weighted by atomic mass is 19.1. The molecule has 3 aliphatic rings. The van der Waals surface area contributed by atoms with E-state index in [1.54, 1.807) is 10.7 Å². The number of carbonyl (C=O) groups excluding carboxylic acids is 2. The first kappa shape index (κ1) is 30.1. The number of aromatic amines is 1. The Kier molecular flexibility index (Phi) is 8.30. The van der Waals surface area contributed by atoms with Crippen LogP contribution in [0.15, 0.2) is 35.1 Å². The van der Waals surface area contributed by atoms with Crippen LogP contribution in [0.25, 0.3) is 21.8 Å². The Morgan fingerprint density at radius 2 is 1.85 bits per heavy atom. The first-order valence-corrected chi connectivity index (χ1v) is 15.7. The van der Waals surface area contributed by atoms with Crippen LogP contribution in [0.1, 0.15) is 37.9 Å². The molecule has 4 aromatic rings. The number of urea groups is 1. The highest BCUT2D eigenvalue weighted by Crippen LogP contribution is 2.32. The van der Waals surface area contributed by atoms with Crippen LogP contribution < -0.4 is 25.4 Å². The van der Waals surface area contributed by atoms with Crippen LogP contribution in [0, 0.1) is 11.7 Å². The molecule has 13 nitrogen and oxygen atoms in total. The van der Waals surface area contributed by atoms with Gasteiger partial charge in [-0.05, 0) is 49.8 Å². The lowest BCUT2D eigenvalue weighted by Gasteiger charge is -2.33. The summed E-state index contributed by atoms with van der Waals surface area (Å²) in [5.74, 6) is 0.549. The molecule has 242 valence electrons. The molecule has 14 heteroatoms. The van der Waals surface area contributed by atoms with Crippen molar-refractivity contribution in [1.29, 1.82) is 0 Å². The number of nitrogens with one attached hydrogen (secondary N) is 2. The summed E-state index contributed by atoms with van der Waals surface area (Å²) in [6.07, 6.45) is 3.63. The van der Waals surface area contributed by atoms with Gasteiger partial charge in [-0.25, -0.2) is 14.2 Å². The second-order valence-corrected chi connectivity index (χ2v) is 12.1. The number of carbonyl (C=O) groups is 2. The third kappa shape index (κ3) is 6.14. The Bertz CT molecular complexity index is 1840. The van der Waals surface area contributed by atoms with Crippen molar-refractivity contribution in [3.63, 3.8) is 0 Å². The maximum Gasteiger partial charge on any atom is 0.329 e. The van der Waals surface area contributed by atoms with Crippen molar-refractivity contribution in [3.8, 4) is 5.75 Å². The van der Waals surface area contributed by atoms with Crippen LogP contribution in [0.3, 0.4) is 0 Å². The monoisotopic (exact) mass is 633 g/mol. The van der Waals surface area contributed by atoms with Crippen LogP contribution in [0.4, 0.5) is 20.7 Å². The molecular formula is C32H36FN7O6. The Morgan fingerprint density at radius 1 is 1.04 bits per heavy atom. The number of H-pyrrole nitrogens is 1. The number of hydrogen-bond donors (Lipinski definition) is 2. The predicted octanol–water partition coefficient (Wildman–Crippen LogP) is 3.39.